The van der Waals surface area contributed by atoms with Gasteiger partial charge in [0.25, 0.3) is 5.91 Å². The lowest BCUT2D eigenvalue weighted by Gasteiger charge is -2.33. The van der Waals surface area contributed by atoms with Gasteiger partial charge in [0.05, 0.1) is 19.0 Å². The summed E-state index contributed by atoms with van der Waals surface area (Å²) in [6.45, 7) is 2.44. The maximum Gasteiger partial charge on any atom is 0.287 e. The van der Waals surface area contributed by atoms with E-state index in [-0.39, 0.29) is 35.1 Å². The molecule has 9 heteroatoms. The Morgan fingerprint density at radius 2 is 1.84 bits per heavy atom. The van der Waals surface area contributed by atoms with Crippen LogP contribution in [0.5, 0.6) is 5.75 Å². The first-order valence-electron chi connectivity index (χ1n) is 13.0. The smallest absolute Gasteiger partial charge is 0.287 e. The van der Waals surface area contributed by atoms with Crippen molar-refractivity contribution in [3.63, 3.8) is 0 Å². The molecule has 2 aliphatic rings. The topological polar surface area (TPSA) is 109 Å². The predicted molar refractivity (Wildman–Crippen MR) is 141 cm³/mol. The molecule has 0 saturated carbocycles. The van der Waals surface area contributed by atoms with Crippen molar-refractivity contribution in [2.45, 2.75) is 38.1 Å². The van der Waals surface area contributed by atoms with Gasteiger partial charge in [-0.25, -0.2) is 0 Å². The summed E-state index contributed by atoms with van der Waals surface area (Å²) < 4.78 is 10.7. The van der Waals surface area contributed by atoms with E-state index in [9.17, 15) is 19.2 Å². The van der Waals surface area contributed by atoms with Crippen molar-refractivity contribution in [2.75, 3.05) is 33.3 Å². The van der Waals surface area contributed by atoms with Crippen molar-refractivity contribution >= 4 is 28.7 Å². The number of carbonyl (C=O) groups excluding carboxylic acids is 3. The highest BCUT2D eigenvalue weighted by atomic mass is 16.5. The van der Waals surface area contributed by atoms with Gasteiger partial charge in [-0.3, -0.25) is 19.2 Å². The van der Waals surface area contributed by atoms with Gasteiger partial charge in [-0.05, 0) is 54.5 Å². The van der Waals surface area contributed by atoms with Crippen LogP contribution in [0, 0.1) is 0 Å². The second-order valence-corrected chi connectivity index (χ2v) is 9.79. The second kappa shape index (κ2) is 11.1. The number of nitrogens with one attached hydrogen (secondary N) is 1. The number of nitrogens with zero attached hydrogens (tertiary/aromatic N) is 2. The fourth-order valence-corrected chi connectivity index (χ4v) is 5.32. The number of amides is 3. The molecule has 1 aromatic heterocycles. The minimum Gasteiger partial charge on any atom is -0.497 e. The van der Waals surface area contributed by atoms with Crippen molar-refractivity contribution in [3.8, 4) is 5.75 Å². The van der Waals surface area contributed by atoms with E-state index in [1.165, 1.54) is 18.2 Å². The fraction of sp³-hybridized carbons (Fsp3) is 0.379. The lowest BCUT2D eigenvalue weighted by atomic mass is 9.86. The standard InChI is InChI=1S/C29H31N3O6/c1-37-21-8-9-25-23(15-21)24(33)16-26(38-25)29(36)30-17-28(35)31-13-10-19(11-14-31)22-6-3-2-5-20(22)18-32-12-4-7-27(32)34/h2-3,5-6,8-9,15-16,19H,4,7,10-14,17-18H2,1H3,(H,30,36). The first kappa shape index (κ1) is 25.5. The van der Waals surface area contributed by atoms with E-state index in [1.807, 2.05) is 17.0 Å². The molecule has 0 spiro atoms. The van der Waals surface area contributed by atoms with E-state index in [4.69, 9.17) is 9.15 Å². The number of rotatable bonds is 7. The molecule has 0 atom stereocenters. The SMILES string of the molecule is COc1ccc2oc(C(=O)NCC(=O)N3CCC(c4ccccc4CN4CCCC4=O)CC3)cc(=O)c2c1. The molecule has 2 fully saturated rings. The van der Waals surface area contributed by atoms with E-state index in [1.54, 1.807) is 23.1 Å². The Bertz CT molecular complexity index is 1420. The summed E-state index contributed by atoms with van der Waals surface area (Å²) >= 11 is 0. The summed E-state index contributed by atoms with van der Waals surface area (Å²) in [5, 5.41) is 2.90. The van der Waals surface area contributed by atoms with Crippen LogP contribution in [-0.2, 0) is 16.1 Å². The molecule has 0 bridgehead atoms. The predicted octanol–water partition coefficient (Wildman–Crippen LogP) is 3.06. The molecule has 1 N–H and O–H groups in total. The van der Waals surface area contributed by atoms with Crippen LogP contribution in [0.4, 0.5) is 0 Å². The van der Waals surface area contributed by atoms with Crippen molar-refractivity contribution < 1.29 is 23.5 Å². The molecule has 2 aliphatic heterocycles. The van der Waals surface area contributed by atoms with Crippen LogP contribution in [0.3, 0.4) is 0 Å². The Balaban J connectivity index is 1.16. The van der Waals surface area contributed by atoms with Crippen LogP contribution in [0.15, 0.2) is 57.7 Å². The molecule has 0 radical (unpaired) electrons. The molecular formula is C29H31N3O6. The zero-order valence-electron chi connectivity index (χ0n) is 21.4. The summed E-state index contributed by atoms with van der Waals surface area (Å²) in [7, 11) is 1.50. The molecule has 3 aromatic rings. The third-order valence-corrected chi connectivity index (χ3v) is 7.43. The van der Waals surface area contributed by atoms with Crippen molar-refractivity contribution in [1.29, 1.82) is 0 Å². The van der Waals surface area contributed by atoms with Gasteiger partial charge in [0.15, 0.2) is 11.2 Å². The van der Waals surface area contributed by atoms with Gasteiger partial charge in [0.2, 0.25) is 11.8 Å². The molecule has 3 amide bonds. The van der Waals surface area contributed by atoms with Crippen molar-refractivity contribution in [1.82, 2.24) is 15.1 Å². The molecule has 5 rings (SSSR count). The van der Waals surface area contributed by atoms with Crippen LogP contribution >= 0.6 is 0 Å². The lowest BCUT2D eigenvalue weighted by Crippen LogP contribution is -2.44. The quantitative estimate of drug-likeness (QED) is 0.516. The highest BCUT2D eigenvalue weighted by Crippen LogP contribution is 2.31. The number of piperidine rings is 1. The monoisotopic (exact) mass is 517 g/mol. The summed E-state index contributed by atoms with van der Waals surface area (Å²) in [4.78, 5) is 53.7. The normalized spacial score (nSPS) is 16.2. The molecule has 9 nitrogen and oxygen atoms in total. The van der Waals surface area contributed by atoms with Gasteiger partial charge in [-0.2, -0.15) is 0 Å². The maximum atomic E-state index is 12.8. The average molecular weight is 518 g/mol. The first-order valence-corrected chi connectivity index (χ1v) is 13.0. The molecule has 198 valence electrons. The van der Waals surface area contributed by atoms with E-state index < -0.39 is 5.91 Å². The average Bonchev–Trinajstić information content (AvgIpc) is 3.35. The molecule has 2 saturated heterocycles. The van der Waals surface area contributed by atoms with E-state index >= 15 is 0 Å². The summed E-state index contributed by atoms with van der Waals surface area (Å²) in [5.74, 6) is 0.0985. The van der Waals surface area contributed by atoms with Crippen LogP contribution in [0.2, 0.25) is 0 Å². The Morgan fingerprint density at radius 1 is 1.05 bits per heavy atom. The molecule has 38 heavy (non-hydrogen) atoms. The van der Waals surface area contributed by atoms with E-state index in [2.05, 4.69) is 17.4 Å². The van der Waals surface area contributed by atoms with Gasteiger partial charge in [0.1, 0.15) is 11.3 Å². The number of likely N-dealkylation sites (tertiary alicyclic amines) is 2. The Morgan fingerprint density at radius 3 is 2.58 bits per heavy atom. The zero-order valence-corrected chi connectivity index (χ0v) is 21.4. The molecular weight excluding hydrogens is 486 g/mol. The van der Waals surface area contributed by atoms with Gasteiger partial charge in [-0.1, -0.05) is 24.3 Å². The number of ether oxygens (including phenoxy) is 1. The fourth-order valence-electron chi connectivity index (χ4n) is 5.32. The number of hydrogen-bond donors (Lipinski definition) is 1. The highest BCUT2D eigenvalue weighted by molar-refractivity contribution is 5.95. The number of benzene rings is 2. The number of carbonyl (C=O) groups is 3. The van der Waals surface area contributed by atoms with Gasteiger partial charge in [-0.15, -0.1) is 0 Å². The Hall–Kier alpha value is -4.14. The molecule has 0 unspecified atom stereocenters. The number of methoxy groups -OCH3 is 1. The minimum absolute atomic E-state index is 0.146. The van der Waals surface area contributed by atoms with Gasteiger partial charge >= 0.3 is 0 Å². The van der Waals surface area contributed by atoms with Gasteiger partial charge in [0, 0.05) is 38.7 Å². The molecule has 3 heterocycles. The molecule has 0 aliphatic carbocycles. The largest absolute Gasteiger partial charge is 0.497 e. The van der Waals surface area contributed by atoms with Crippen LogP contribution < -0.4 is 15.5 Å². The summed E-state index contributed by atoms with van der Waals surface area (Å²) in [6, 6.07) is 14.2. The third kappa shape index (κ3) is 5.41. The first-order chi connectivity index (χ1) is 18.4. The van der Waals surface area contributed by atoms with Crippen molar-refractivity contribution in [3.05, 3.63) is 75.6 Å². The molecule has 2 aromatic carbocycles. The van der Waals surface area contributed by atoms with E-state index in [0.717, 1.165) is 31.9 Å². The van der Waals surface area contributed by atoms with Crippen LogP contribution in [0.1, 0.15) is 53.3 Å². The Labute approximate surface area is 220 Å². The lowest BCUT2D eigenvalue weighted by molar-refractivity contribution is -0.131. The maximum absolute atomic E-state index is 12.8. The van der Waals surface area contributed by atoms with E-state index in [0.29, 0.717) is 43.1 Å². The van der Waals surface area contributed by atoms with Gasteiger partial charge < -0.3 is 24.3 Å². The highest BCUT2D eigenvalue weighted by Gasteiger charge is 2.27. The van der Waals surface area contributed by atoms with Crippen LogP contribution in [-0.4, -0.2) is 60.8 Å². The summed E-state index contributed by atoms with van der Waals surface area (Å²) in [6.07, 6.45) is 3.17. The minimum atomic E-state index is -0.617. The second-order valence-electron chi connectivity index (χ2n) is 9.79. The summed E-state index contributed by atoms with van der Waals surface area (Å²) in [5.41, 5.74) is 2.33. The number of hydrogen-bond acceptors (Lipinski definition) is 6. The van der Waals surface area contributed by atoms with Crippen molar-refractivity contribution in [2.24, 2.45) is 0 Å². The van der Waals surface area contributed by atoms with Crippen LogP contribution in [0.25, 0.3) is 11.0 Å². The zero-order chi connectivity index (χ0) is 26.6. The Kier molecular flexibility index (Phi) is 7.44. The number of fused-ring (bicyclic) bond motifs is 1. The third-order valence-electron chi connectivity index (χ3n) is 7.43.